The van der Waals surface area contributed by atoms with Crippen LogP contribution in [0.3, 0.4) is 0 Å². The molecule has 1 aromatic heterocycles. The highest BCUT2D eigenvalue weighted by Gasteiger charge is 2.32. The molecule has 7 nitrogen and oxygen atoms in total. The van der Waals surface area contributed by atoms with Crippen molar-refractivity contribution in [1.29, 1.82) is 0 Å². The average Bonchev–Trinajstić information content (AvgIpc) is 2.57. The number of carbonyl (C=O) groups is 1. The fourth-order valence-electron chi connectivity index (χ4n) is 2.07. The number of hydrogen-bond acceptors (Lipinski definition) is 7. The molecule has 1 aromatic carbocycles. The van der Waals surface area contributed by atoms with Crippen molar-refractivity contribution in [1.82, 2.24) is 0 Å². The highest BCUT2D eigenvalue weighted by Crippen LogP contribution is 2.19. The molecule has 4 N–H and O–H groups in total. The average molecular weight is 325 g/mol. The molecule has 124 valence electrons. The van der Waals surface area contributed by atoms with Crippen molar-refractivity contribution in [2.45, 2.75) is 24.4 Å². The number of nitrogens with one attached hydrogen (secondary N) is 1. The number of anilines is 1. The van der Waals surface area contributed by atoms with Crippen LogP contribution in [0.5, 0.6) is 0 Å². The number of hydrogen-bond donors (Lipinski definition) is 4. The number of halogens is 1. The second-order valence-corrected chi connectivity index (χ2v) is 5.00. The molecule has 23 heavy (non-hydrogen) atoms. The Morgan fingerprint density at radius 3 is 2.61 bits per heavy atom. The van der Waals surface area contributed by atoms with Gasteiger partial charge in [0.1, 0.15) is 30.1 Å². The maximum Gasteiger partial charge on any atom is 0.336 e. The third-order valence-corrected chi connectivity index (χ3v) is 3.35. The van der Waals surface area contributed by atoms with Crippen LogP contribution >= 0.6 is 0 Å². The monoisotopic (exact) mass is 325 g/mol. The molecule has 0 unspecified atom stereocenters. The molecule has 2 rings (SSSR count). The Bertz CT molecular complexity index is 733. The van der Waals surface area contributed by atoms with Gasteiger partial charge in [-0.2, -0.15) is 0 Å². The maximum atomic E-state index is 13.7. The summed E-state index contributed by atoms with van der Waals surface area (Å²) in [5.41, 5.74) is 0.0269. The zero-order valence-electron chi connectivity index (χ0n) is 11.9. The lowest BCUT2D eigenvalue weighted by atomic mass is 10.0. The van der Waals surface area contributed by atoms with Crippen LogP contribution in [0.15, 0.2) is 39.5 Å². The van der Waals surface area contributed by atoms with E-state index in [1.54, 1.807) is 18.2 Å². The quantitative estimate of drug-likeness (QED) is 0.412. The second kappa shape index (κ2) is 7.32. The van der Waals surface area contributed by atoms with Crippen LogP contribution < -0.4 is 10.9 Å². The first kappa shape index (κ1) is 17.1. The van der Waals surface area contributed by atoms with Gasteiger partial charge in [0.15, 0.2) is 6.17 Å². The molecule has 1 heterocycles. The van der Waals surface area contributed by atoms with Gasteiger partial charge in [0.2, 0.25) is 0 Å². The second-order valence-electron chi connectivity index (χ2n) is 5.00. The predicted octanol–water partition coefficient (Wildman–Crippen LogP) is -0.175. The van der Waals surface area contributed by atoms with Gasteiger partial charge in [0.05, 0.1) is 6.61 Å². The van der Waals surface area contributed by atoms with Gasteiger partial charge in [-0.3, -0.25) is 0 Å². The van der Waals surface area contributed by atoms with Crippen LogP contribution in [-0.2, 0) is 4.79 Å². The summed E-state index contributed by atoms with van der Waals surface area (Å²) in [6.07, 6.45) is -5.59. The highest BCUT2D eigenvalue weighted by atomic mass is 19.1. The van der Waals surface area contributed by atoms with Crippen molar-refractivity contribution < 1.29 is 28.9 Å². The smallest absolute Gasteiger partial charge is 0.336 e. The van der Waals surface area contributed by atoms with Gasteiger partial charge >= 0.3 is 5.63 Å². The molecule has 0 bridgehead atoms. The molecule has 0 aliphatic carbocycles. The van der Waals surface area contributed by atoms with Crippen molar-refractivity contribution in [2.75, 3.05) is 11.9 Å². The molecular formula is C15H16FNO6. The van der Waals surface area contributed by atoms with Gasteiger partial charge in [0, 0.05) is 23.2 Å². The van der Waals surface area contributed by atoms with Crippen molar-refractivity contribution in [3.05, 3.63) is 40.8 Å². The Hall–Kier alpha value is -2.29. The Morgan fingerprint density at radius 1 is 1.26 bits per heavy atom. The normalized spacial score (nSPS) is 16.5. The molecule has 0 saturated heterocycles. The van der Waals surface area contributed by atoms with Crippen LogP contribution in [0.25, 0.3) is 11.0 Å². The van der Waals surface area contributed by atoms with Crippen LogP contribution in [0.2, 0.25) is 0 Å². The van der Waals surface area contributed by atoms with E-state index < -0.39 is 36.7 Å². The fraction of sp³-hybridized carbons (Fsp3) is 0.333. The number of benzene rings is 1. The molecule has 2 aromatic rings. The van der Waals surface area contributed by atoms with Crippen molar-refractivity contribution in [2.24, 2.45) is 0 Å². The van der Waals surface area contributed by atoms with E-state index >= 15 is 0 Å². The minimum Gasteiger partial charge on any atom is -0.423 e. The summed E-state index contributed by atoms with van der Waals surface area (Å²) in [5, 5.41) is 30.9. The van der Waals surface area contributed by atoms with Gasteiger partial charge in [-0.25, -0.2) is 9.18 Å². The van der Waals surface area contributed by atoms with Gasteiger partial charge in [0.25, 0.3) is 0 Å². The SMILES string of the molecule is O=C[C@H](Nc1ccc2ccc(=O)oc2c1)[C@@H](O)[C@H](F)[C@H](O)CO. The number of alkyl halides is 1. The van der Waals surface area contributed by atoms with E-state index in [1.165, 1.54) is 12.1 Å². The molecule has 8 heteroatoms. The van der Waals surface area contributed by atoms with Crippen LogP contribution in [0.1, 0.15) is 0 Å². The third kappa shape index (κ3) is 3.92. The van der Waals surface area contributed by atoms with E-state index in [-0.39, 0.29) is 11.9 Å². The van der Waals surface area contributed by atoms with Gasteiger partial charge in [-0.1, -0.05) is 0 Å². The van der Waals surface area contributed by atoms with Gasteiger partial charge in [-0.15, -0.1) is 0 Å². The molecule has 0 radical (unpaired) electrons. The number of aliphatic hydroxyl groups is 3. The Morgan fingerprint density at radius 2 is 1.96 bits per heavy atom. The lowest BCUT2D eigenvalue weighted by Crippen LogP contribution is -2.47. The van der Waals surface area contributed by atoms with E-state index in [9.17, 15) is 24.2 Å². The number of rotatable bonds is 7. The van der Waals surface area contributed by atoms with E-state index in [2.05, 4.69) is 5.32 Å². The minimum absolute atomic E-state index is 0.258. The number of aliphatic hydroxyl groups excluding tert-OH is 3. The maximum absolute atomic E-state index is 13.7. The summed E-state index contributed by atoms with van der Waals surface area (Å²) >= 11 is 0. The topological polar surface area (TPSA) is 120 Å². The summed E-state index contributed by atoms with van der Waals surface area (Å²) in [6, 6.07) is 6.06. The molecule has 4 atom stereocenters. The summed E-state index contributed by atoms with van der Waals surface area (Å²) < 4.78 is 18.7. The van der Waals surface area contributed by atoms with Crippen molar-refractivity contribution in [3.63, 3.8) is 0 Å². The van der Waals surface area contributed by atoms with E-state index in [0.717, 1.165) is 0 Å². The van der Waals surface area contributed by atoms with Crippen LogP contribution in [-0.4, -0.2) is 52.6 Å². The summed E-state index contributed by atoms with van der Waals surface area (Å²) in [7, 11) is 0. The van der Waals surface area contributed by atoms with Gasteiger partial charge in [-0.05, 0) is 18.2 Å². The zero-order valence-corrected chi connectivity index (χ0v) is 11.9. The Kier molecular flexibility index (Phi) is 5.43. The lowest BCUT2D eigenvalue weighted by Gasteiger charge is -2.25. The van der Waals surface area contributed by atoms with E-state index in [4.69, 9.17) is 9.52 Å². The number of aldehydes is 1. The first-order valence-corrected chi connectivity index (χ1v) is 6.83. The number of carbonyl (C=O) groups excluding carboxylic acids is 1. The molecule has 0 aliphatic rings. The Labute approximate surface area is 130 Å². The largest absolute Gasteiger partial charge is 0.423 e. The predicted molar refractivity (Wildman–Crippen MR) is 80.0 cm³/mol. The molecule has 0 spiro atoms. The molecule has 0 saturated carbocycles. The summed E-state index contributed by atoms with van der Waals surface area (Å²) in [5.74, 6) is 0. The standard InChI is InChI=1S/C15H16FNO6/c16-14(11(20)7-19)15(22)10(6-18)17-9-3-1-8-2-4-13(21)23-12(8)5-9/h1-6,10-11,14-15,17,19-20,22H,7H2/t10-,11+,14+,15+/m0/s1. The van der Waals surface area contributed by atoms with E-state index in [0.29, 0.717) is 11.1 Å². The first-order valence-electron chi connectivity index (χ1n) is 6.83. The summed E-state index contributed by atoms with van der Waals surface area (Å²) in [4.78, 5) is 22.3. The van der Waals surface area contributed by atoms with Crippen LogP contribution in [0, 0.1) is 0 Å². The molecule has 0 fully saturated rings. The molecule has 0 amide bonds. The van der Waals surface area contributed by atoms with E-state index in [1.807, 2.05) is 0 Å². The lowest BCUT2D eigenvalue weighted by molar-refractivity contribution is -0.113. The molecular weight excluding hydrogens is 309 g/mol. The fourth-order valence-corrected chi connectivity index (χ4v) is 2.07. The van der Waals surface area contributed by atoms with Crippen molar-refractivity contribution in [3.8, 4) is 0 Å². The highest BCUT2D eigenvalue weighted by molar-refractivity contribution is 5.81. The first-order chi connectivity index (χ1) is 11.0. The summed E-state index contributed by atoms with van der Waals surface area (Å²) in [6.45, 7) is -0.884. The third-order valence-electron chi connectivity index (χ3n) is 3.35. The zero-order chi connectivity index (χ0) is 17.0. The van der Waals surface area contributed by atoms with Gasteiger partial charge < -0.3 is 29.8 Å². The minimum atomic E-state index is -2.21. The Balaban J connectivity index is 2.21. The van der Waals surface area contributed by atoms with Crippen LogP contribution in [0.4, 0.5) is 10.1 Å². The van der Waals surface area contributed by atoms with Crippen molar-refractivity contribution >= 4 is 22.9 Å². The number of fused-ring (bicyclic) bond motifs is 1. The molecule has 0 aliphatic heterocycles.